The lowest BCUT2D eigenvalue weighted by Crippen LogP contribution is -2.33. The van der Waals surface area contributed by atoms with E-state index in [1.54, 1.807) is 6.26 Å². The van der Waals surface area contributed by atoms with Crippen LogP contribution in [0.3, 0.4) is 0 Å². The molecule has 0 aromatic carbocycles. The van der Waals surface area contributed by atoms with E-state index in [4.69, 9.17) is 4.42 Å². The van der Waals surface area contributed by atoms with Gasteiger partial charge in [-0.05, 0) is 71.5 Å². The van der Waals surface area contributed by atoms with Crippen molar-refractivity contribution in [2.45, 2.75) is 59.4 Å². The Labute approximate surface area is 131 Å². The molecule has 1 aromatic rings. The second-order valence-electron chi connectivity index (χ2n) is 7.15. The highest BCUT2D eigenvalue weighted by molar-refractivity contribution is 9.10. The molecule has 0 radical (unpaired) electrons. The van der Waals surface area contributed by atoms with Gasteiger partial charge in [0.05, 0.1) is 16.8 Å². The maximum Gasteiger partial charge on any atom is 0.135 e. The standard InChI is InChI=1S/C17H28BrNO/c1-5-19-15(16-14(18)10-11-20-16)12-6-8-13(9-7-12)17(2,3)4/h10-13,15,19H,5-9H2,1-4H3. The molecule has 1 aromatic heterocycles. The molecule has 1 saturated carbocycles. The van der Waals surface area contributed by atoms with Crippen LogP contribution >= 0.6 is 15.9 Å². The summed E-state index contributed by atoms with van der Waals surface area (Å²) >= 11 is 3.61. The van der Waals surface area contributed by atoms with E-state index in [-0.39, 0.29) is 0 Å². The lowest BCUT2D eigenvalue weighted by molar-refractivity contribution is 0.127. The van der Waals surface area contributed by atoms with E-state index in [1.807, 2.05) is 6.07 Å². The zero-order chi connectivity index (χ0) is 14.8. The first-order valence-corrected chi connectivity index (χ1v) is 8.69. The van der Waals surface area contributed by atoms with Gasteiger partial charge in [0, 0.05) is 0 Å². The van der Waals surface area contributed by atoms with E-state index in [2.05, 4.69) is 48.9 Å². The van der Waals surface area contributed by atoms with Crippen LogP contribution in [0.1, 0.15) is 65.2 Å². The van der Waals surface area contributed by atoms with Gasteiger partial charge >= 0.3 is 0 Å². The smallest absolute Gasteiger partial charge is 0.135 e. The van der Waals surface area contributed by atoms with Crippen molar-refractivity contribution in [1.29, 1.82) is 0 Å². The summed E-state index contributed by atoms with van der Waals surface area (Å²) in [5.41, 5.74) is 0.448. The summed E-state index contributed by atoms with van der Waals surface area (Å²) in [6, 6.07) is 2.35. The van der Waals surface area contributed by atoms with Crippen LogP contribution in [0.4, 0.5) is 0 Å². The summed E-state index contributed by atoms with van der Waals surface area (Å²) in [6.45, 7) is 10.3. The molecule has 0 aliphatic heterocycles. The van der Waals surface area contributed by atoms with Crippen LogP contribution in [-0.2, 0) is 0 Å². The van der Waals surface area contributed by atoms with Crippen molar-refractivity contribution >= 4 is 15.9 Å². The molecule has 20 heavy (non-hydrogen) atoms. The van der Waals surface area contributed by atoms with Crippen LogP contribution < -0.4 is 5.32 Å². The van der Waals surface area contributed by atoms with Gasteiger partial charge < -0.3 is 9.73 Å². The highest BCUT2D eigenvalue weighted by atomic mass is 79.9. The third kappa shape index (κ3) is 3.67. The molecule has 1 aliphatic rings. The molecule has 2 nitrogen and oxygen atoms in total. The van der Waals surface area contributed by atoms with Crippen LogP contribution in [0.2, 0.25) is 0 Å². The van der Waals surface area contributed by atoms with Gasteiger partial charge in [-0.3, -0.25) is 0 Å². The van der Waals surface area contributed by atoms with E-state index in [1.165, 1.54) is 25.7 Å². The first kappa shape index (κ1) is 16.1. The molecule has 1 heterocycles. The number of halogens is 1. The molecular formula is C17H28BrNO. The molecule has 114 valence electrons. The maximum atomic E-state index is 5.72. The minimum absolute atomic E-state index is 0.352. The monoisotopic (exact) mass is 341 g/mol. The molecule has 0 spiro atoms. The fourth-order valence-electron chi connectivity index (χ4n) is 3.54. The average Bonchev–Trinajstić information content (AvgIpc) is 2.81. The molecule has 0 bridgehead atoms. The first-order chi connectivity index (χ1) is 9.43. The quantitative estimate of drug-likeness (QED) is 0.776. The predicted molar refractivity (Wildman–Crippen MR) is 87.7 cm³/mol. The van der Waals surface area contributed by atoms with Crippen molar-refractivity contribution in [3.8, 4) is 0 Å². The van der Waals surface area contributed by atoms with Crippen molar-refractivity contribution in [3.05, 3.63) is 22.6 Å². The second kappa shape index (κ2) is 6.65. The largest absolute Gasteiger partial charge is 0.466 e. The Morgan fingerprint density at radius 1 is 1.30 bits per heavy atom. The molecule has 3 heteroatoms. The van der Waals surface area contributed by atoms with E-state index in [0.29, 0.717) is 17.4 Å². The maximum absolute atomic E-state index is 5.72. The summed E-state index contributed by atoms with van der Waals surface area (Å²) in [4.78, 5) is 0. The van der Waals surface area contributed by atoms with Crippen molar-refractivity contribution in [2.24, 2.45) is 17.3 Å². The SMILES string of the molecule is CCNC(c1occc1Br)C1CCC(C(C)(C)C)CC1. The van der Waals surface area contributed by atoms with Gasteiger partial charge in [-0.25, -0.2) is 0 Å². The fraction of sp³-hybridized carbons (Fsp3) is 0.765. The molecule has 1 N–H and O–H groups in total. The average molecular weight is 342 g/mol. The Bertz CT molecular complexity index is 413. The van der Waals surface area contributed by atoms with E-state index in [0.717, 1.165) is 22.7 Å². The predicted octanol–water partition coefficient (Wildman–Crippen LogP) is 5.55. The first-order valence-electron chi connectivity index (χ1n) is 7.89. The Morgan fingerprint density at radius 2 is 1.95 bits per heavy atom. The van der Waals surface area contributed by atoms with Crippen molar-refractivity contribution < 1.29 is 4.42 Å². The Balaban J connectivity index is 2.04. The summed E-state index contributed by atoms with van der Waals surface area (Å²) < 4.78 is 6.82. The van der Waals surface area contributed by atoms with Crippen LogP contribution in [0.25, 0.3) is 0 Å². The summed E-state index contributed by atoms with van der Waals surface area (Å²) in [5.74, 6) is 2.63. The zero-order valence-corrected chi connectivity index (χ0v) is 14.8. The molecule has 1 fully saturated rings. The third-order valence-corrected chi connectivity index (χ3v) is 5.47. The highest BCUT2D eigenvalue weighted by Gasteiger charge is 2.34. The second-order valence-corrected chi connectivity index (χ2v) is 8.00. The fourth-order valence-corrected chi connectivity index (χ4v) is 3.99. The molecular weight excluding hydrogens is 314 g/mol. The minimum atomic E-state index is 0.352. The summed E-state index contributed by atoms with van der Waals surface area (Å²) in [5, 5.41) is 3.63. The molecule has 0 saturated heterocycles. The molecule has 0 amide bonds. The lowest BCUT2D eigenvalue weighted by atomic mass is 9.68. The zero-order valence-electron chi connectivity index (χ0n) is 13.2. The van der Waals surface area contributed by atoms with Gasteiger partial charge in [0.15, 0.2) is 0 Å². The molecule has 1 unspecified atom stereocenters. The molecule has 1 aliphatic carbocycles. The lowest BCUT2D eigenvalue weighted by Gasteiger charge is -2.39. The third-order valence-electron chi connectivity index (χ3n) is 4.82. The van der Waals surface area contributed by atoms with Crippen LogP contribution in [0.15, 0.2) is 21.2 Å². The number of furan rings is 1. The molecule has 2 rings (SSSR count). The summed E-state index contributed by atoms with van der Waals surface area (Å²) in [7, 11) is 0. The van der Waals surface area contributed by atoms with Crippen molar-refractivity contribution in [1.82, 2.24) is 5.32 Å². The van der Waals surface area contributed by atoms with Crippen molar-refractivity contribution in [3.63, 3.8) is 0 Å². The molecule has 1 atom stereocenters. The number of nitrogens with one attached hydrogen (secondary N) is 1. The van der Waals surface area contributed by atoms with Gasteiger partial charge in [0.1, 0.15) is 5.76 Å². The van der Waals surface area contributed by atoms with E-state index < -0.39 is 0 Å². The van der Waals surface area contributed by atoms with Crippen molar-refractivity contribution in [2.75, 3.05) is 6.54 Å². The Morgan fingerprint density at radius 3 is 2.40 bits per heavy atom. The van der Waals surface area contributed by atoms with E-state index in [9.17, 15) is 0 Å². The van der Waals surface area contributed by atoms with E-state index >= 15 is 0 Å². The van der Waals surface area contributed by atoms with Crippen LogP contribution in [-0.4, -0.2) is 6.54 Å². The Kier molecular flexibility index (Phi) is 5.36. The summed E-state index contributed by atoms with van der Waals surface area (Å²) in [6.07, 6.45) is 7.06. The Hall–Kier alpha value is -0.280. The van der Waals surface area contributed by atoms with Gasteiger partial charge in [0.2, 0.25) is 0 Å². The topological polar surface area (TPSA) is 25.2 Å². The van der Waals surface area contributed by atoms with Crippen LogP contribution in [0.5, 0.6) is 0 Å². The highest BCUT2D eigenvalue weighted by Crippen LogP contribution is 2.44. The van der Waals surface area contributed by atoms with Crippen LogP contribution in [0, 0.1) is 17.3 Å². The van der Waals surface area contributed by atoms with Gasteiger partial charge in [-0.15, -0.1) is 0 Å². The van der Waals surface area contributed by atoms with Gasteiger partial charge in [-0.2, -0.15) is 0 Å². The number of hydrogen-bond donors (Lipinski definition) is 1. The normalized spacial score (nSPS) is 25.6. The van der Waals surface area contributed by atoms with Gasteiger partial charge in [0.25, 0.3) is 0 Å². The number of hydrogen-bond acceptors (Lipinski definition) is 2. The number of rotatable bonds is 4. The van der Waals surface area contributed by atoms with Gasteiger partial charge in [-0.1, -0.05) is 27.7 Å². The minimum Gasteiger partial charge on any atom is -0.466 e.